The molecule has 1 aliphatic rings. The van der Waals surface area contributed by atoms with E-state index in [2.05, 4.69) is 10.0 Å². The molecule has 5 nitrogen and oxygen atoms in total. The molecule has 1 saturated carbocycles. The monoisotopic (exact) mass is 217 g/mol. The zero-order valence-corrected chi connectivity index (χ0v) is 8.88. The molecule has 1 amide bonds. The Hall–Kier alpha value is -2.00. The fourth-order valence-corrected chi connectivity index (χ4v) is 1.80. The summed E-state index contributed by atoms with van der Waals surface area (Å²) in [7, 11) is 1.59. The van der Waals surface area contributed by atoms with Crippen LogP contribution in [0, 0.1) is 0 Å². The number of methoxy groups -OCH3 is 1. The Bertz CT molecular complexity index is 457. The molecule has 0 aromatic heterocycles. The number of amides is 1. The van der Waals surface area contributed by atoms with E-state index in [4.69, 9.17) is 10.3 Å². The first kappa shape index (κ1) is 10.5. The van der Waals surface area contributed by atoms with E-state index in [0.29, 0.717) is 0 Å². The number of nitrogens with zero attached hydrogens (tertiary/aromatic N) is 3. The van der Waals surface area contributed by atoms with Crippen molar-refractivity contribution in [3.05, 3.63) is 40.3 Å². The highest BCUT2D eigenvalue weighted by molar-refractivity contribution is 5.91. The van der Waals surface area contributed by atoms with Gasteiger partial charge in [0.05, 0.1) is 12.5 Å². The van der Waals surface area contributed by atoms with E-state index < -0.39 is 5.41 Å². The summed E-state index contributed by atoms with van der Waals surface area (Å²) in [4.78, 5) is 14.2. The van der Waals surface area contributed by atoms with Crippen molar-refractivity contribution in [2.75, 3.05) is 7.11 Å². The van der Waals surface area contributed by atoms with Crippen LogP contribution in [0.3, 0.4) is 0 Å². The van der Waals surface area contributed by atoms with Crippen LogP contribution in [0.1, 0.15) is 18.4 Å². The van der Waals surface area contributed by atoms with Crippen molar-refractivity contribution in [2.24, 2.45) is 5.11 Å². The third-order valence-electron chi connectivity index (χ3n) is 2.94. The van der Waals surface area contributed by atoms with Crippen LogP contribution in [-0.2, 0) is 10.2 Å². The maximum atomic E-state index is 11.6. The summed E-state index contributed by atoms with van der Waals surface area (Å²) in [5, 5.41) is 3.19. The molecule has 82 valence electrons. The molecule has 1 aliphatic carbocycles. The summed E-state index contributed by atoms with van der Waals surface area (Å²) in [5.41, 5.74) is 8.60. The number of azide groups is 1. The van der Waals surface area contributed by atoms with E-state index in [-0.39, 0.29) is 5.91 Å². The molecular weight excluding hydrogens is 206 g/mol. The highest BCUT2D eigenvalue weighted by Gasteiger charge is 2.50. The molecule has 1 aromatic rings. The van der Waals surface area contributed by atoms with Crippen LogP contribution in [0.4, 0.5) is 0 Å². The molecule has 0 saturated heterocycles. The minimum atomic E-state index is -0.571. The number of hydrogen-bond donors (Lipinski definition) is 0. The van der Waals surface area contributed by atoms with Crippen LogP contribution in [0.5, 0.6) is 5.75 Å². The quantitative estimate of drug-likeness (QED) is 0.443. The van der Waals surface area contributed by atoms with Crippen LogP contribution in [0.2, 0.25) is 0 Å². The highest BCUT2D eigenvalue weighted by Crippen LogP contribution is 2.49. The van der Waals surface area contributed by atoms with E-state index >= 15 is 0 Å². The molecule has 0 radical (unpaired) electrons. The Labute approximate surface area is 92.7 Å². The van der Waals surface area contributed by atoms with Gasteiger partial charge < -0.3 is 4.74 Å². The van der Waals surface area contributed by atoms with Gasteiger partial charge in [0.25, 0.3) is 0 Å². The topological polar surface area (TPSA) is 75.1 Å². The lowest BCUT2D eigenvalue weighted by Gasteiger charge is -2.11. The normalized spacial score (nSPS) is 16.1. The van der Waals surface area contributed by atoms with Crippen molar-refractivity contribution < 1.29 is 9.53 Å². The van der Waals surface area contributed by atoms with E-state index in [1.165, 1.54) is 0 Å². The molecule has 0 heterocycles. The minimum absolute atomic E-state index is 0.389. The van der Waals surface area contributed by atoms with Crippen molar-refractivity contribution in [3.63, 3.8) is 0 Å². The number of carbonyl (C=O) groups is 1. The predicted octanol–water partition coefficient (Wildman–Crippen LogP) is 2.56. The Kier molecular flexibility index (Phi) is 2.54. The smallest absolute Gasteiger partial charge is 0.229 e. The average molecular weight is 217 g/mol. The Morgan fingerprint density at radius 3 is 2.50 bits per heavy atom. The first-order valence-electron chi connectivity index (χ1n) is 4.97. The first-order chi connectivity index (χ1) is 7.73. The second-order valence-corrected chi connectivity index (χ2v) is 3.81. The molecule has 0 aliphatic heterocycles. The first-order valence-corrected chi connectivity index (χ1v) is 4.97. The van der Waals surface area contributed by atoms with Gasteiger partial charge in [0.2, 0.25) is 5.91 Å². The van der Waals surface area contributed by atoms with Gasteiger partial charge in [0, 0.05) is 4.91 Å². The van der Waals surface area contributed by atoms with Gasteiger partial charge in [-0.3, -0.25) is 4.79 Å². The summed E-state index contributed by atoms with van der Waals surface area (Å²) >= 11 is 0. The predicted molar refractivity (Wildman–Crippen MR) is 58.1 cm³/mol. The van der Waals surface area contributed by atoms with Crippen molar-refractivity contribution in [2.45, 2.75) is 18.3 Å². The van der Waals surface area contributed by atoms with Crippen LogP contribution < -0.4 is 4.74 Å². The van der Waals surface area contributed by atoms with Crippen LogP contribution in [-0.4, -0.2) is 13.0 Å². The molecule has 0 spiro atoms. The summed E-state index contributed by atoms with van der Waals surface area (Å²) in [6, 6.07) is 7.30. The molecule has 16 heavy (non-hydrogen) atoms. The number of hydrogen-bond acceptors (Lipinski definition) is 2. The van der Waals surface area contributed by atoms with E-state index in [1.807, 2.05) is 12.1 Å². The maximum absolute atomic E-state index is 11.6. The van der Waals surface area contributed by atoms with Gasteiger partial charge in [0.15, 0.2) is 0 Å². The second-order valence-electron chi connectivity index (χ2n) is 3.81. The lowest BCUT2D eigenvalue weighted by Crippen LogP contribution is -2.17. The van der Waals surface area contributed by atoms with E-state index in [1.54, 1.807) is 19.2 Å². The Balaban J connectivity index is 2.29. The van der Waals surface area contributed by atoms with Crippen LogP contribution in [0.15, 0.2) is 29.4 Å². The summed E-state index contributed by atoms with van der Waals surface area (Å²) < 4.78 is 5.04. The molecule has 0 N–H and O–H groups in total. The van der Waals surface area contributed by atoms with E-state index in [0.717, 1.165) is 24.2 Å². The van der Waals surface area contributed by atoms with Gasteiger partial charge in [-0.1, -0.05) is 12.1 Å². The summed E-state index contributed by atoms with van der Waals surface area (Å²) in [6.07, 6.45) is 1.49. The number of benzene rings is 1. The van der Waals surface area contributed by atoms with Gasteiger partial charge in [-0.2, -0.15) is 0 Å². The number of rotatable bonds is 3. The molecule has 2 rings (SSSR count). The molecule has 5 heteroatoms. The highest BCUT2D eigenvalue weighted by atomic mass is 16.5. The minimum Gasteiger partial charge on any atom is -0.497 e. The zero-order chi connectivity index (χ0) is 11.6. The molecule has 0 unspecified atom stereocenters. The third kappa shape index (κ3) is 1.61. The standard InChI is InChI=1S/C11H11N3O2/c1-16-9-4-2-8(3-5-9)11(6-7-11)10(15)13-14-12/h2-5H,6-7H2,1H3. The molecule has 0 atom stereocenters. The SMILES string of the molecule is COc1ccc(C2(C(=O)N=[N+]=[N-])CC2)cc1. The average Bonchev–Trinajstić information content (AvgIpc) is 3.11. The van der Waals surface area contributed by atoms with E-state index in [9.17, 15) is 4.79 Å². The number of carbonyl (C=O) groups excluding carboxylic acids is 1. The zero-order valence-electron chi connectivity index (χ0n) is 8.88. The van der Waals surface area contributed by atoms with Crippen molar-refractivity contribution in [1.29, 1.82) is 0 Å². The molecular formula is C11H11N3O2. The van der Waals surface area contributed by atoms with Gasteiger partial charge in [-0.25, -0.2) is 0 Å². The maximum Gasteiger partial charge on any atom is 0.229 e. The second kappa shape index (κ2) is 3.87. The van der Waals surface area contributed by atoms with Gasteiger partial charge in [-0.05, 0) is 41.2 Å². The lowest BCUT2D eigenvalue weighted by atomic mass is 9.95. The summed E-state index contributed by atoms with van der Waals surface area (Å²) in [5.74, 6) is 0.357. The molecule has 1 fully saturated rings. The molecule has 0 bridgehead atoms. The van der Waals surface area contributed by atoms with Gasteiger partial charge in [-0.15, -0.1) is 0 Å². The van der Waals surface area contributed by atoms with Crippen molar-refractivity contribution >= 4 is 5.91 Å². The largest absolute Gasteiger partial charge is 0.497 e. The Morgan fingerprint density at radius 1 is 1.44 bits per heavy atom. The lowest BCUT2D eigenvalue weighted by molar-refractivity contribution is -0.120. The summed E-state index contributed by atoms with van der Waals surface area (Å²) in [6.45, 7) is 0. The molecule has 1 aromatic carbocycles. The fraction of sp³-hybridized carbons (Fsp3) is 0.364. The van der Waals surface area contributed by atoms with Gasteiger partial charge in [0.1, 0.15) is 5.75 Å². The number of ether oxygens (including phenoxy) is 1. The van der Waals surface area contributed by atoms with Crippen molar-refractivity contribution in [1.82, 2.24) is 0 Å². The third-order valence-corrected chi connectivity index (χ3v) is 2.94. The van der Waals surface area contributed by atoms with Crippen molar-refractivity contribution in [3.8, 4) is 5.75 Å². The fourth-order valence-electron chi connectivity index (χ4n) is 1.80. The Morgan fingerprint density at radius 2 is 2.06 bits per heavy atom. The van der Waals surface area contributed by atoms with Crippen LogP contribution >= 0.6 is 0 Å². The van der Waals surface area contributed by atoms with Crippen LogP contribution in [0.25, 0.3) is 10.4 Å². The van der Waals surface area contributed by atoms with Gasteiger partial charge >= 0.3 is 0 Å².